The molecule has 0 aromatic carbocycles. The van der Waals surface area contributed by atoms with E-state index in [1.54, 1.807) is 12.4 Å². The minimum absolute atomic E-state index is 0.168. The van der Waals surface area contributed by atoms with Crippen LogP contribution in [0.5, 0.6) is 5.88 Å². The minimum Gasteiger partial charge on any atom is -0.473 e. The number of hydrogen-bond acceptors (Lipinski definition) is 5. The monoisotopic (exact) mass is 293 g/mol. The van der Waals surface area contributed by atoms with Crippen molar-refractivity contribution < 1.29 is 9.84 Å². The molecule has 2 N–H and O–H groups in total. The number of rotatable bonds is 7. The summed E-state index contributed by atoms with van der Waals surface area (Å²) in [6.07, 6.45) is 10.4. The first-order chi connectivity index (χ1) is 10.2. The van der Waals surface area contributed by atoms with Gasteiger partial charge in [0.1, 0.15) is 11.9 Å². The van der Waals surface area contributed by atoms with E-state index in [1.807, 2.05) is 0 Å². The topological polar surface area (TPSA) is 67.3 Å². The van der Waals surface area contributed by atoms with Crippen molar-refractivity contribution >= 4 is 5.82 Å². The maximum Gasteiger partial charge on any atom is 0.234 e. The molecule has 1 aromatic heterocycles. The molecule has 2 rings (SSSR count). The molecule has 1 fully saturated rings. The summed E-state index contributed by atoms with van der Waals surface area (Å²) in [5.41, 5.74) is 0. The quantitative estimate of drug-likeness (QED) is 0.809. The second-order valence-electron chi connectivity index (χ2n) is 6.13. The van der Waals surface area contributed by atoms with Gasteiger partial charge in [-0.1, -0.05) is 20.3 Å². The molecule has 118 valence electrons. The molecule has 1 aromatic rings. The second kappa shape index (κ2) is 8.17. The van der Waals surface area contributed by atoms with Gasteiger partial charge >= 0.3 is 0 Å². The summed E-state index contributed by atoms with van der Waals surface area (Å²) >= 11 is 0. The van der Waals surface area contributed by atoms with Crippen molar-refractivity contribution in [3.05, 3.63) is 12.4 Å². The lowest BCUT2D eigenvalue weighted by Crippen LogP contribution is -2.27. The van der Waals surface area contributed by atoms with Gasteiger partial charge in [-0.3, -0.25) is 4.98 Å². The van der Waals surface area contributed by atoms with Gasteiger partial charge < -0.3 is 15.2 Å². The van der Waals surface area contributed by atoms with Crippen molar-refractivity contribution in [2.75, 3.05) is 11.9 Å². The second-order valence-corrected chi connectivity index (χ2v) is 6.13. The molecule has 1 saturated carbocycles. The van der Waals surface area contributed by atoms with Crippen LogP contribution in [0.15, 0.2) is 12.4 Å². The lowest BCUT2D eigenvalue weighted by atomic mass is 9.98. The molecular formula is C16H27N3O2. The summed E-state index contributed by atoms with van der Waals surface area (Å²) in [5, 5.41) is 12.5. The molecule has 0 radical (unpaired) electrons. The summed E-state index contributed by atoms with van der Waals surface area (Å²) in [5.74, 6) is 1.73. The molecule has 0 bridgehead atoms. The average Bonchev–Trinajstić information content (AvgIpc) is 2.48. The van der Waals surface area contributed by atoms with Gasteiger partial charge in [0.2, 0.25) is 5.88 Å². The summed E-state index contributed by atoms with van der Waals surface area (Å²) in [6.45, 7) is 4.42. The van der Waals surface area contributed by atoms with Crippen LogP contribution in [0.4, 0.5) is 5.82 Å². The van der Waals surface area contributed by atoms with Gasteiger partial charge in [0.05, 0.1) is 12.4 Å². The third-order valence-electron chi connectivity index (χ3n) is 4.03. The van der Waals surface area contributed by atoms with Crippen LogP contribution < -0.4 is 10.1 Å². The Kier molecular flexibility index (Phi) is 6.23. The Balaban J connectivity index is 1.96. The predicted molar refractivity (Wildman–Crippen MR) is 83.5 cm³/mol. The summed E-state index contributed by atoms with van der Waals surface area (Å²) in [7, 11) is 0. The number of aliphatic hydroxyl groups is 1. The predicted octanol–water partition coefficient (Wildman–Crippen LogP) is 3.01. The van der Waals surface area contributed by atoms with Crippen LogP contribution in [-0.2, 0) is 0 Å². The Labute approximate surface area is 127 Å². The van der Waals surface area contributed by atoms with E-state index in [4.69, 9.17) is 9.84 Å². The van der Waals surface area contributed by atoms with Crippen molar-refractivity contribution in [3.63, 3.8) is 0 Å². The first kappa shape index (κ1) is 16.0. The van der Waals surface area contributed by atoms with E-state index < -0.39 is 0 Å². The molecule has 0 amide bonds. The van der Waals surface area contributed by atoms with Crippen LogP contribution in [-0.4, -0.2) is 33.8 Å². The van der Waals surface area contributed by atoms with E-state index in [1.165, 1.54) is 19.3 Å². The van der Waals surface area contributed by atoms with Gasteiger partial charge in [0.25, 0.3) is 0 Å². The molecule has 5 nitrogen and oxygen atoms in total. The molecular weight excluding hydrogens is 266 g/mol. The fourth-order valence-electron chi connectivity index (χ4n) is 2.73. The maximum absolute atomic E-state index is 9.13. The standard InChI is InChI=1S/C16H27N3O2/c1-12(2)14(8-9-20)18-15-10-17-11-16(19-15)21-13-6-4-3-5-7-13/h10-14,20H,3-9H2,1-2H3,(H,18,19). The van der Waals surface area contributed by atoms with Gasteiger partial charge in [-0.15, -0.1) is 0 Å². The number of aromatic nitrogens is 2. The SMILES string of the molecule is CC(C)C(CCO)Nc1cncc(OC2CCCCC2)n1. The molecule has 1 atom stereocenters. The van der Waals surface area contributed by atoms with Crippen LogP contribution in [0.2, 0.25) is 0 Å². The zero-order valence-electron chi connectivity index (χ0n) is 13.1. The molecule has 5 heteroatoms. The van der Waals surface area contributed by atoms with Gasteiger partial charge in [-0.05, 0) is 38.0 Å². The molecule has 0 aliphatic heterocycles. The van der Waals surface area contributed by atoms with Crippen LogP contribution in [0.3, 0.4) is 0 Å². The van der Waals surface area contributed by atoms with Gasteiger partial charge in [-0.2, -0.15) is 4.98 Å². The average molecular weight is 293 g/mol. The number of aliphatic hydroxyl groups excluding tert-OH is 1. The Morgan fingerprint density at radius 2 is 2.05 bits per heavy atom. The van der Waals surface area contributed by atoms with Gasteiger partial charge in [-0.25, -0.2) is 0 Å². The fourth-order valence-corrected chi connectivity index (χ4v) is 2.73. The zero-order chi connectivity index (χ0) is 15.1. The number of hydrogen-bond donors (Lipinski definition) is 2. The third kappa shape index (κ3) is 5.16. The Morgan fingerprint density at radius 1 is 1.29 bits per heavy atom. The molecule has 1 aliphatic rings. The number of nitrogens with one attached hydrogen (secondary N) is 1. The Hall–Kier alpha value is -1.36. The van der Waals surface area contributed by atoms with E-state index in [2.05, 4.69) is 29.1 Å². The number of nitrogens with zero attached hydrogens (tertiary/aromatic N) is 2. The first-order valence-electron chi connectivity index (χ1n) is 8.05. The van der Waals surface area contributed by atoms with Crippen LogP contribution in [0, 0.1) is 5.92 Å². The van der Waals surface area contributed by atoms with Crippen molar-refractivity contribution in [1.29, 1.82) is 0 Å². The van der Waals surface area contributed by atoms with E-state index in [0.29, 0.717) is 18.2 Å². The van der Waals surface area contributed by atoms with Crippen molar-refractivity contribution in [2.24, 2.45) is 5.92 Å². The smallest absolute Gasteiger partial charge is 0.234 e. The highest BCUT2D eigenvalue weighted by Crippen LogP contribution is 2.23. The van der Waals surface area contributed by atoms with E-state index in [-0.39, 0.29) is 18.8 Å². The summed E-state index contributed by atoms with van der Waals surface area (Å²) < 4.78 is 5.93. The van der Waals surface area contributed by atoms with E-state index in [0.717, 1.165) is 18.7 Å². The summed E-state index contributed by atoms with van der Waals surface area (Å²) in [6, 6.07) is 0.189. The zero-order valence-corrected chi connectivity index (χ0v) is 13.1. The lowest BCUT2D eigenvalue weighted by molar-refractivity contribution is 0.148. The maximum atomic E-state index is 9.13. The fraction of sp³-hybridized carbons (Fsp3) is 0.750. The molecule has 1 aliphatic carbocycles. The largest absolute Gasteiger partial charge is 0.473 e. The Morgan fingerprint density at radius 3 is 2.71 bits per heavy atom. The normalized spacial score (nSPS) is 17.7. The number of ether oxygens (including phenoxy) is 1. The van der Waals surface area contributed by atoms with E-state index >= 15 is 0 Å². The molecule has 1 heterocycles. The Bertz CT molecular complexity index is 420. The highest BCUT2D eigenvalue weighted by Gasteiger charge is 2.17. The summed E-state index contributed by atoms with van der Waals surface area (Å²) in [4.78, 5) is 8.70. The highest BCUT2D eigenvalue weighted by atomic mass is 16.5. The van der Waals surface area contributed by atoms with Crippen molar-refractivity contribution in [1.82, 2.24) is 9.97 Å². The molecule has 0 saturated heterocycles. The lowest BCUT2D eigenvalue weighted by Gasteiger charge is -2.24. The van der Waals surface area contributed by atoms with Crippen LogP contribution >= 0.6 is 0 Å². The van der Waals surface area contributed by atoms with Gasteiger partial charge in [0.15, 0.2) is 0 Å². The van der Waals surface area contributed by atoms with E-state index in [9.17, 15) is 0 Å². The van der Waals surface area contributed by atoms with Gasteiger partial charge in [0, 0.05) is 12.6 Å². The highest BCUT2D eigenvalue weighted by molar-refractivity contribution is 5.34. The van der Waals surface area contributed by atoms with Crippen molar-refractivity contribution in [3.8, 4) is 5.88 Å². The number of anilines is 1. The third-order valence-corrected chi connectivity index (χ3v) is 4.03. The molecule has 21 heavy (non-hydrogen) atoms. The molecule has 1 unspecified atom stereocenters. The first-order valence-corrected chi connectivity index (χ1v) is 8.05. The van der Waals surface area contributed by atoms with Crippen LogP contribution in [0.25, 0.3) is 0 Å². The van der Waals surface area contributed by atoms with Crippen LogP contribution in [0.1, 0.15) is 52.4 Å². The van der Waals surface area contributed by atoms with Crippen molar-refractivity contribution in [2.45, 2.75) is 64.5 Å². The molecule has 0 spiro atoms. The minimum atomic E-state index is 0.168.